The fourth-order valence-corrected chi connectivity index (χ4v) is 3.03. The van der Waals surface area contributed by atoms with Gasteiger partial charge in [-0.05, 0) is 32.4 Å². The number of rotatable bonds is 7. The van der Waals surface area contributed by atoms with E-state index >= 15 is 0 Å². The van der Waals surface area contributed by atoms with E-state index in [2.05, 4.69) is 16.9 Å². The number of ether oxygens (including phenoxy) is 3. The molecule has 1 atom stereocenters. The molecular weight excluding hydrogens is 332 g/mol. The number of benzene rings is 1. The number of fused-ring (bicyclic) bond motifs is 3. The van der Waals surface area contributed by atoms with Crippen LogP contribution in [-0.4, -0.2) is 35.8 Å². The third kappa shape index (κ3) is 3.24. The highest BCUT2D eigenvalue weighted by atomic mass is 16.5. The Morgan fingerprint density at radius 1 is 1.23 bits per heavy atom. The molecule has 0 aliphatic heterocycles. The van der Waals surface area contributed by atoms with Gasteiger partial charge in [-0.25, -0.2) is 9.78 Å². The van der Waals surface area contributed by atoms with Gasteiger partial charge in [-0.2, -0.15) is 0 Å². The average molecular weight is 356 g/mol. The summed E-state index contributed by atoms with van der Waals surface area (Å²) in [6.07, 6.45) is 2.65. The molecule has 138 valence electrons. The Labute approximate surface area is 152 Å². The van der Waals surface area contributed by atoms with Crippen LogP contribution in [-0.2, 0) is 16.1 Å². The van der Waals surface area contributed by atoms with Crippen molar-refractivity contribution in [3.63, 3.8) is 0 Å². The van der Waals surface area contributed by atoms with Gasteiger partial charge >= 0.3 is 5.97 Å². The van der Waals surface area contributed by atoms with E-state index in [-0.39, 0.29) is 18.4 Å². The molecule has 1 aromatic carbocycles. The second-order valence-electron chi connectivity index (χ2n) is 6.17. The molecule has 0 saturated carbocycles. The zero-order valence-corrected chi connectivity index (χ0v) is 15.6. The number of hydrogen-bond acceptors (Lipinski definition) is 5. The molecule has 0 radical (unpaired) electrons. The van der Waals surface area contributed by atoms with Gasteiger partial charge in [-0.15, -0.1) is 0 Å². The summed E-state index contributed by atoms with van der Waals surface area (Å²) in [5.74, 6) is 0.331. The van der Waals surface area contributed by atoms with Gasteiger partial charge in [0.05, 0.1) is 36.5 Å². The van der Waals surface area contributed by atoms with Crippen LogP contribution >= 0.6 is 0 Å². The molecule has 0 amide bonds. The van der Waals surface area contributed by atoms with Crippen molar-refractivity contribution in [3.8, 4) is 5.75 Å². The number of hydrogen-bond donors (Lipinski definition) is 1. The van der Waals surface area contributed by atoms with E-state index in [1.807, 2.05) is 25.1 Å². The summed E-state index contributed by atoms with van der Waals surface area (Å²) in [4.78, 5) is 20.0. The predicted molar refractivity (Wildman–Crippen MR) is 101 cm³/mol. The van der Waals surface area contributed by atoms with Crippen LogP contribution in [0.3, 0.4) is 0 Å². The van der Waals surface area contributed by atoms with Gasteiger partial charge in [0, 0.05) is 23.4 Å². The highest BCUT2D eigenvalue weighted by molar-refractivity contribution is 6.13. The van der Waals surface area contributed by atoms with E-state index in [4.69, 9.17) is 14.2 Å². The largest absolute Gasteiger partial charge is 0.490 e. The fraction of sp³-hybridized carbons (Fsp3) is 0.400. The molecule has 3 rings (SSSR count). The Kier molecular flexibility index (Phi) is 5.42. The number of aromatic amines is 1. The summed E-state index contributed by atoms with van der Waals surface area (Å²) in [6, 6.07) is 5.88. The lowest BCUT2D eigenvalue weighted by Gasteiger charge is -2.14. The number of nitrogens with zero attached hydrogens (tertiary/aromatic N) is 1. The standard InChI is InChI=1S/C20H24N2O4/c1-5-12(3)26-16-9-7-8-14-18(16)17-13(11-24-4)19(20(23)25-6-2)21-10-15(17)22-14/h7-10,12,22H,5-6,11H2,1-4H3. The number of H-pyrrole nitrogens is 1. The van der Waals surface area contributed by atoms with E-state index in [0.29, 0.717) is 12.2 Å². The minimum Gasteiger partial charge on any atom is -0.490 e. The zero-order valence-electron chi connectivity index (χ0n) is 15.6. The molecule has 26 heavy (non-hydrogen) atoms. The Morgan fingerprint density at radius 3 is 2.73 bits per heavy atom. The van der Waals surface area contributed by atoms with E-state index in [9.17, 15) is 4.79 Å². The highest BCUT2D eigenvalue weighted by Gasteiger charge is 2.22. The van der Waals surface area contributed by atoms with Crippen molar-refractivity contribution < 1.29 is 19.0 Å². The minimum absolute atomic E-state index is 0.0859. The van der Waals surface area contributed by atoms with Gasteiger partial charge in [0.15, 0.2) is 5.69 Å². The number of aromatic nitrogens is 2. The quantitative estimate of drug-likeness (QED) is 0.642. The summed E-state index contributed by atoms with van der Waals surface area (Å²) in [6.45, 7) is 6.44. The Bertz CT molecular complexity index is 932. The molecule has 0 fully saturated rings. The van der Waals surface area contributed by atoms with E-state index in [0.717, 1.165) is 34.0 Å². The lowest BCUT2D eigenvalue weighted by atomic mass is 10.0. The lowest BCUT2D eigenvalue weighted by molar-refractivity contribution is 0.0514. The number of esters is 1. The molecule has 1 unspecified atom stereocenters. The van der Waals surface area contributed by atoms with E-state index in [1.165, 1.54) is 0 Å². The van der Waals surface area contributed by atoms with Gasteiger partial charge in [0.1, 0.15) is 5.75 Å². The van der Waals surface area contributed by atoms with Crippen molar-refractivity contribution in [1.29, 1.82) is 0 Å². The number of pyridine rings is 1. The topological polar surface area (TPSA) is 73.4 Å². The van der Waals surface area contributed by atoms with Crippen molar-refractivity contribution in [3.05, 3.63) is 35.7 Å². The first-order valence-electron chi connectivity index (χ1n) is 8.85. The molecule has 6 nitrogen and oxygen atoms in total. The first-order valence-corrected chi connectivity index (χ1v) is 8.85. The van der Waals surface area contributed by atoms with E-state index in [1.54, 1.807) is 20.2 Å². The maximum absolute atomic E-state index is 12.4. The van der Waals surface area contributed by atoms with Crippen molar-refractivity contribution in [2.45, 2.75) is 39.9 Å². The van der Waals surface area contributed by atoms with Crippen LogP contribution < -0.4 is 4.74 Å². The molecule has 0 aliphatic rings. The van der Waals surface area contributed by atoms with Crippen molar-refractivity contribution in [1.82, 2.24) is 9.97 Å². The molecule has 3 aromatic rings. The molecule has 0 bridgehead atoms. The van der Waals surface area contributed by atoms with Gasteiger partial charge < -0.3 is 19.2 Å². The number of carbonyl (C=O) groups excluding carboxylic acids is 1. The van der Waals surface area contributed by atoms with Gasteiger partial charge in [0.25, 0.3) is 0 Å². The SMILES string of the molecule is CCOC(=O)c1ncc2[nH]c3cccc(OC(C)CC)c3c2c1COC. The zero-order chi connectivity index (χ0) is 18.7. The molecule has 2 heterocycles. The molecular formula is C20H24N2O4. The van der Waals surface area contributed by atoms with Crippen LogP contribution in [0.1, 0.15) is 43.2 Å². The van der Waals surface area contributed by atoms with Crippen LogP contribution in [0.5, 0.6) is 5.75 Å². The highest BCUT2D eigenvalue weighted by Crippen LogP contribution is 2.36. The average Bonchev–Trinajstić information content (AvgIpc) is 3.02. The molecule has 0 saturated heterocycles. The third-order valence-corrected chi connectivity index (χ3v) is 4.39. The van der Waals surface area contributed by atoms with E-state index < -0.39 is 5.97 Å². The molecule has 0 aliphatic carbocycles. The van der Waals surface area contributed by atoms with Crippen molar-refractivity contribution in [2.24, 2.45) is 0 Å². The first kappa shape index (κ1) is 18.2. The summed E-state index contributed by atoms with van der Waals surface area (Å²) in [5, 5.41) is 1.82. The monoisotopic (exact) mass is 356 g/mol. The molecule has 1 N–H and O–H groups in total. The summed E-state index contributed by atoms with van der Waals surface area (Å²) in [5.41, 5.74) is 2.75. The maximum Gasteiger partial charge on any atom is 0.357 e. The molecule has 0 spiro atoms. The summed E-state index contributed by atoms with van der Waals surface area (Å²) < 4.78 is 16.7. The minimum atomic E-state index is -0.448. The second-order valence-corrected chi connectivity index (χ2v) is 6.17. The van der Waals surface area contributed by atoms with Gasteiger partial charge in [-0.1, -0.05) is 13.0 Å². The molecule has 6 heteroatoms. The first-order chi connectivity index (χ1) is 12.6. The summed E-state index contributed by atoms with van der Waals surface area (Å²) >= 11 is 0. The van der Waals surface area contributed by atoms with Crippen LogP contribution in [0, 0.1) is 0 Å². The Morgan fingerprint density at radius 2 is 2.04 bits per heavy atom. The van der Waals surface area contributed by atoms with Crippen LogP contribution in [0.25, 0.3) is 21.8 Å². The smallest absolute Gasteiger partial charge is 0.357 e. The Hall–Kier alpha value is -2.60. The lowest BCUT2D eigenvalue weighted by Crippen LogP contribution is -2.12. The van der Waals surface area contributed by atoms with Crippen LogP contribution in [0.4, 0.5) is 0 Å². The van der Waals surface area contributed by atoms with Gasteiger partial charge in [-0.3, -0.25) is 0 Å². The maximum atomic E-state index is 12.4. The van der Waals surface area contributed by atoms with Crippen molar-refractivity contribution >= 4 is 27.8 Å². The number of methoxy groups -OCH3 is 1. The van der Waals surface area contributed by atoms with Crippen LogP contribution in [0.2, 0.25) is 0 Å². The summed E-state index contributed by atoms with van der Waals surface area (Å²) in [7, 11) is 1.60. The third-order valence-electron chi connectivity index (χ3n) is 4.39. The Balaban J connectivity index is 2.30. The number of carbonyl (C=O) groups is 1. The normalized spacial score (nSPS) is 12.5. The van der Waals surface area contributed by atoms with Crippen LogP contribution in [0.15, 0.2) is 24.4 Å². The molecule has 2 aromatic heterocycles. The fourth-order valence-electron chi connectivity index (χ4n) is 3.03. The number of nitrogens with one attached hydrogen (secondary N) is 1. The van der Waals surface area contributed by atoms with Gasteiger partial charge in [0.2, 0.25) is 0 Å². The van der Waals surface area contributed by atoms with Crippen molar-refractivity contribution in [2.75, 3.05) is 13.7 Å². The predicted octanol–water partition coefficient (Wildman–Crippen LogP) is 4.22. The second kappa shape index (κ2) is 7.74.